The van der Waals surface area contributed by atoms with Crippen LogP contribution in [0.1, 0.15) is 27.3 Å². The molecule has 144 valence electrons. The lowest BCUT2D eigenvalue weighted by Crippen LogP contribution is -2.22. The van der Waals surface area contributed by atoms with Crippen LogP contribution in [0.25, 0.3) is 28.9 Å². The van der Waals surface area contributed by atoms with E-state index in [4.69, 9.17) is 6.42 Å². The molecule has 0 saturated carbocycles. The van der Waals surface area contributed by atoms with Crippen LogP contribution in [0.15, 0.2) is 65.6 Å². The summed E-state index contributed by atoms with van der Waals surface area (Å²) in [5.74, 6) is 2.23. The molecule has 0 N–H and O–H groups in total. The summed E-state index contributed by atoms with van der Waals surface area (Å²) in [5.41, 5.74) is 1.78. The first-order chi connectivity index (χ1) is 14.6. The van der Waals surface area contributed by atoms with Crippen molar-refractivity contribution in [1.82, 2.24) is 14.5 Å². The van der Waals surface area contributed by atoms with Crippen LogP contribution in [0.2, 0.25) is 0 Å². The van der Waals surface area contributed by atoms with Gasteiger partial charge in [0.25, 0.3) is 5.56 Å². The minimum Gasteiger partial charge on any atom is -0.298 e. The predicted octanol–water partition coefficient (Wildman–Crippen LogP) is 3.88. The second kappa shape index (κ2) is 7.94. The number of aromatic nitrogens is 3. The van der Waals surface area contributed by atoms with Crippen molar-refractivity contribution in [3.8, 4) is 18.0 Å². The van der Waals surface area contributed by atoms with Gasteiger partial charge in [-0.15, -0.1) is 6.42 Å². The number of halogens is 1. The van der Waals surface area contributed by atoms with Gasteiger partial charge in [0.05, 0.1) is 16.6 Å². The summed E-state index contributed by atoms with van der Waals surface area (Å²) in [6.45, 7) is 0. The van der Waals surface area contributed by atoms with Crippen molar-refractivity contribution in [1.29, 1.82) is 0 Å². The molecule has 0 unspecified atom stereocenters. The summed E-state index contributed by atoms with van der Waals surface area (Å²) in [7, 11) is 0. The Labute approximate surface area is 171 Å². The maximum atomic E-state index is 13.9. The highest BCUT2D eigenvalue weighted by atomic mass is 19.1. The third-order valence-electron chi connectivity index (χ3n) is 4.54. The van der Waals surface area contributed by atoms with E-state index in [9.17, 15) is 14.0 Å². The summed E-state index contributed by atoms with van der Waals surface area (Å²) < 4.78 is 15.3. The molecular weight excluding hydrogens is 381 g/mol. The molecule has 30 heavy (non-hydrogen) atoms. The van der Waals surface area contributed by atoms with Crippen molar-refractivity contribution < 1.29 is 9.18 Å². The van der Waals surface area contributed by atoms with Crippen molar-refractivity contribution in [2.24, 2.45) is 0 Å². The van der Waals surface area contributed by atoms with Gasteiger partial charge in [-0.1, -0.05) is 18.1 Å². The molecule has 0 spiro atoms. The average Bonchev–Trinajstić information content (AvgIpc) is 2.78. The number of carbonyl (C=O) groups is 1. The zero-order valence-corrected chi connectivity index (χ0v) is 15.6. The molecule has 4 aromatic rings. The number of aldehydes is 1. The Kier molecular flexibility index (Phi) is 5.02. The summed E-state index contributed by atoms with van der Waals surface area (Å²) in [6.07, 6.45) is 10.6. The number of carbonyl (C=O) groups excluding carboxylic acids is 1. The molecule has 0 atom stereocenters. The molecule has 0 amide bonds. The van der Waals surface area contributed by atoms with Gasteiger partial charge in [-0.25, -0.2) is 14.4 Å². The van der Waals surface area contributed by atoms with Crippen LogP contribution >= 0.6 is 0 Å². The quantitative estimate of drug-likeness (QED) is 0.389. The Morgan fingerprint density at radius 1 is 1.07 bits per heavy atom. The SMILES string of the molecule is C#Cc1ccc(-n2c(/C=C/c3ccc(C=O)c(F)c3)nc3ncccc3c2=O)cc1. The van der Waals surface area contributed by atoms with Gasteiger partial charge in [-0.05, 0) is 60.2 Å². The molecule has 2 aromatic heterocycles. The molecule has 2 heterocycles. The first-order valence-corrected chi connectivity index (χ1v) is 8.98. The lowest BCUT2D eigenvalue weighted by molar-refractivity contribution is 0.112. The molecule has 0 saturated heterocycles. The lowest BCUT2D eigenvalue weighted by atomic mass is 10.1. The Bertz CT molecular complexity index is 1400. The number of pyridine rings is 1. The minimum atomic E-state index is -0.623. The molecule has 0 bridgehead atoms. The van der Waals surface area contributed by atoms with E-state index in [0.717, 1.165) is 0 Å². The van der Waals surface area contributed by atoms with Crippen LogP contribution in [0.5, 0.6) is 0 Å². The Morgan fingerprint density at radius 3 is 2.57 bits per heavy atom. The average molecular weight is 395 g/mol. The fourth-order valence-corrected chi connectivity index (χ4v) is 3.02. The van der Waals surface area contributed by atoms with Crippen molar-refractivity contribution in [2.45, 2.75) is 0 Å². The minimum absolute atomic E-state index is 0.0225. The molecule has 5 nitrogen and oxygen atoms in total. The summed E-state index contributed by atoms with van der Waals surface area (Å²) in [4.78, 5) is 32.6. The lowest BCUT2D eigenvalue weighted by Gasteiger charge is -2.11. The molecule has 0 radical (unpaired) electrons. The van der Waals surface area contributed by atoms with E-state index in [0.29, 0.717) is 40.0 Å². The van der Waals surface area contributed by atoms with E-state index < -0.39 is 5.82 Å². The predicted molar refractivity (Wildman–Crippen MR) is 114 cm³/mol. The van der Waals surface area contributed by atoms with Crippen molar-refractivity contribution >= 4 is 29.5 Å². The number of rotatable bonds is 4. The first-order valence-electron chi connectivity index (χ1n) is 8.98. The zero-order chi connectivity index (χ0) is 21.1. The normalized spacial score (nSPS) is 10.9. The Hall–Kier alpha value is -4.37. The summed E-state index contributed by atoms with van der Waals surface area (Å²) >= 11 is 0. The van der Waals surface area contributed by atoms with Gasteiger partial charge in [0.2, 0.25) is 0 Å². The van der Waals surface area contributed by atoms with Crippen LogP contribution in [-0.2, 0) is 0 Å². The van der Waals surface area contributed by atoms with Gasteiger partial charge < -0.3 is 0 Å². The number of nitrogens with zero attached hydrogens (tertiary/aromatic N) is 3. The second-order valence-corrected chi connectivity index (χ2v) is 6.41. The van der Waals surface area contributed by atoms with Gasteiger partial charge >= 0.3 is 0 Å². The van der Waals surface area contributed by atoms with E-state index in [1.54, 1.807) is 60.8 Å². The fraction of sp³-hybridized carbons (Fsp3) is 0. The van der Waals surface area contributed by atoms with Crippen molar-refractivity contribution in [3.05, 3.63) is 99.5 Å². The van der Waals surface area contributed by atoms with Gasteiger partial charge in [0.15, 0.2) is 11.9 Å². The van der Waals surface area contributed by atoms with Gasteiger partial charge in [0, 0.05) is 11.8 Å². The molecule has 0 aliphatic rings. The first kappa shape index (κ1) is 19.0. The van der Waals surface area contributed by atoms with E-state index in [1.807, 2.05) is 0 Å². The molecule has 2 aromatic carbocycles. The highest BCUT2D eigenvalue weighted by Gasteiger charge is 2.12. The van der Waals surface area contributed by atoms with Gasteiger partial charge in [0.1, 0.15) is 11.6 Å². The van der Waals surface area contributed by atoms with Crippen LogP contribution in [0, 0.1) is 18.2 Å². The molecule has 6 heteroatoms. The number of fused-ring (bicyclic) bond motifs is 1. The van der Waals surface area contributed by atoms with Gasteiger partial charge in [-0.2, -0.15) is 0 Å². The van der Waals surface area contributed by atoms with Crippen molar-refractivity contribution in [3.63, 3.8) is 0 Å². The van der Waals surface area contributed by atoms with Gasteiger partial charge in [-0.3, -0.25) is 14.2 Å². The largest absolute Gasteiger partial charge is 0.298 e. The highest BCUT2D eigenvalue weighted by molar-refractivity contribution is 5.78. The summed E-state index contributed by atoms with van der Waals surface area (Å²) in [6, 6.07) is 14.5. The Balaban J connectivity index is 1.89. The molecule has 0 aliphatic heterocycles. The van der Waals surface area contributed by atoms with Crippen LogP contribution in [0.3, 0.4) is 0 Å². The van der Waals surface area contributed by atoms with Crippen LogP contribution < -0.4 is 5.56 Å². The maximum absolute atomic E-state index is 13.9. The number of benzene rings is 2. The number of hydrogen-bond donors (Lipinski definition) is 0. The third-order valence-corrected chi connectivity index (χ3v) is 4.54. The zero-order valence-electron chi connectivity index (χ0n) is 15.6. The maximum Gasteiger partial charge on any atom is 0.267 e. The number of hydrogen-bond acceptors (Lipinski definition) is 4. The second-order valence-electron chi connectivity index (χ2n) is 6.41. The Morgan fingerprint density at radius 2 is 1.87 bits per heavy atom. The monoisotopic (exact) mass is 395 g/mol. The standard InChI is InChI=1S/C24H14FN3O2/c1-2-16-6-10-19(11-7-16)28-22(27-23-20(24(28)30)4-3-13-26-23)12-8-17-5-9-18(15-29)21(25)14-17/h1,3-15H/b12-8+. The highest BCUT2D eigenvalue weighted by Crippen LogP contribution is 2.16. The van der Waals surface area contributed by atoms with Crippen LogP contribution in [-0.4, -0.2) is 20.8 Å². The third kappa shape index (κ3) is 3.52. The molecule has 0 fully saturated rings. The van der Waals surface area contributed by atoms with Crippen molar-refractivity contribution in [2.75, 3.05) is 0 Å². The molecule has 0 aliphatic carbocycles. The fourth-order valence-electron chi connectivity index (χ4n) is 3.02. The topological polar surface area (TPSA) is 64.8 Å². The molecular formula is C24H14FN3O2. The smallest absolute Gasteiger partial charge is 0.267 e. The van der Waals surface area contributed by atoms with E-state index >= 15 is 0 Å². The number of terminal acetylenes is 1. The van der Waals surface area contributed by atoms with E-state index in [2.05, 4.69) is 15.9 Å². The van der Waals surface area contributed by atoms with Crippen LogP contribution in [0.4, 0.5) is 4.39 Å². The summed E-state index contributed by atoms with van der Waals surface area (Å²) in [5, 5.41) is 0.372. The van der Waals surface area contributed by atoms with E-state index in [-0.39, 0.29) is 11.1 Å². The molecule has 4 rings (SSSR count). The van der Waals surface area contributed by atoms with E-state index in [1.165, 1.54) is 16.7 Å².